The van der Waals surface area contributed by atoms with E-state index in [1.54, 1.807) is 0 Å². The van der Waals surface area contributed by atoms with Gasteiger partial charge in [-0.3, -0.25) is 0 Å². The average molecular weight is 160 g/mol. The van der Waals surface area contributed by atoms with Gasteiger partial charge in [0.15, 0.2) is 6.54 Å². The van der Waals surface area contributed by atoms with Gasteiger partial charge >= 0.3 is 0 Å². The molecule has 1 heterocycles. The molecule has 0 fully saturated rings. The Morgan fingerprint density at radius 2 is 2.10 bits per heavy atom. The molecule has 0 aromatic carbocycles. The van der Waals surface area contributed by atoms with Gasteiger partial charge in [0.05, 0.1) is 5.75 Å². The van der Waals surface area contributed by atoms with Crippen LogP contribution < -0.4 is 0 Å². The van der Waals surface area contributed by atoms with Gasteiger partial charge in [0.1, 0.15) is 6.54 Å². The van der Waals surface area contributed by atoms with Crippen molar-refractivity contribution >= 4 is 16.8 Å². The third kappa shape index (κ3) is 2.74. The highest BCUT2D eigenvalue weighted by Crippen LogP contribution is 2.09. The molecule has 0 saturated carbocycles. The molecule has 0 amide bonds. The molecular formula is C8H18NS+. The van der Waals surface area contributed by atoms with E-state index in [9.17, 15) is 0 Å². The lowest BCUT2D eigenvalue weighted by Gasteiger charge is -1.89. The molecule has 2 heteroatoms. The van der Waals surface area contributed by atoms with Crippen molar-refractivity contribution in [2.45, 2.75) is 27.7 Å². The molecule has 1 aliphatic heterocycles. The van der Waals surface area contributed by atoms with Crippen LogP contribution in [0.1, 0.15) is 27.7 Å². The summed E-state index contributed by atoms with van der Waals surface area (Å²) in [5, 5.41) is 1.49. The third-order valence-corrected chi connectivity index (χ3v) is 2.56. The molecule has 1 rings (SSSR count). The van der Waals surface area contributed by atoms with Gasteiger partial charge in [-0.25, -0.2) is 4.58 Å². The molecule has 0 saturated heterocycles. The summed E-state index contributed by atoms with van der Waals surface area (Å²) in [5.41, 5.74) is 0. The SMILES string of the molecule is CC.CC[N+]1=C(C)SCC1. The molecule has 60 valence electrons. The fourth-order valence-corrected chi connectivity index (χ4v) is 1.94. The van der Waals surface area contributed by atoms with Gasteiger partial charge in [-0.05, 0) is 6.92 Å². The predicted molar refractivity (Wildman–Crippen MR) is 50.2 cm³/mol. The van der Waals surface area contributed by atoms with Crippen LogP contribution in [0.3, 0.4) is 0 Å². The summed E-state index contributed by atoms with van der Waals surface area (Å²) >= 11 is 1.97. The van der Waals surface area contributed by atoms with Crippen molar-refractivity contribution in [3.8, 4) is 0 Å². The highest BCUT2D eigenvalue weighted by Gasteiger charge is 2.15. The molecule has 0 N–H and O–H groups in total. The lowest BCUT2D eigenvalue weighted by atomic mass is 10.6. The number of hydrogen-bond acceptors (Lipinski definition) is 1. The van der Waals surface area contributed by atoms with Gasteiger partial charge < -0.3 is 0 Å². The molecule has 1 aliphatic rings. The van der Waals surface area contributed by atoms with Crippen LogP contribution in [0, 0.1) is 0 Å². The maximum atomic E-state index is 2.41. The first-order valence-corrected chi connectivity index (χ1v) is 5.04. The van der Waals surface area contributed by atoms with Crippen LogP contribution >= 0.6 is 11.8 Å². The topological polar surface area (TPSA) is 3.01 Å². The first-order valence-electron chi connectivity index (χ1n) is 4.06. The zero-order chi connectivity index (χ0) is 7.98. The molecular weight excluding hydrogens is 142 g/mol. The van der Waals surface area contributed by atoms with Crippen molar-refractivity contribution in [2.75, 3.05) is 18.8 Å². The van der Waals surface area contributed by atoms with Crippen molar-refractivity contribution in [3.63, 3.8) is 0 Å². The Kier molecular flexibility index (Phi) is 5.79. The van der Waals surface area contributed by atoms with Crippen LogP contribution in [-0.2, 0) is 0 Å². The van der Waals surface area contributed by atoms with E-state index in [1.165, 1.54) is 23.9 Å². The van der Waals surface area contributed by atoms with E-state index in [1.807, 2.05) is 25.6 Å². The zero-order valence-electron chi connectivity index (χ0n) is 7.48. The van der Waals surface area contributed by atoms with Crippen molar-refractivity contribution in [1.29, 1.82) is 0 Å². The molecule has 0 atom stereocenters. The second-order valence-corrected chi connectivity index (χ2v) is 3.23. The molecule has 0 bridgehead atoms. The van der Waals surface area contributed by atoms with Crippen molar-refractivity contribution in [1.82, 2.24) is 0 Å². The van der Waals surface area contributed by atoms with Crippen LogP contribution in [0.4, 0.5) is 0 Å². The van der Waals surface area contributed by atoms with Crippen molar-refractivity contribution in [2.24, 2.45) is 0 Å². The summed E-state index contributed by atoms with van der Waals surface area (Å²) in [6, 6.07) is 0. The first-order chi connectivity index (χ1) is 4.84. The van der Waals surface area contributed by atoms with Crippen LogP contribution in [0.2, 0.25) is 0 Å². The van der Waals surface area contributed by atoms with Gasteiger partial charge in [-0.2, -0.15) is 0 Å². The van der Waals surface area contributed by atoms with Crippen LogP contribution in [0.5, 0.6) is 0 Å². The van der Waals surface area contributed by atoms with E-state index in [2.05, 4.69) is 18.4 Å². The number of rotatable bonds is 1. The van der Waals surface area contributed by atoms with Crippen LogP contribution in [0.25, 0.3) is 0 Å². The average Bonchev–Trinajstić information content (AvgIpc) is 2.39. The minimum atomic E-state index is 1.18. The van der Waals surface area contributed by atoms with Crippen LogP contribution in [-0.4, -0.2) is 28.5 Å². The second-order valence-electron chi connectivity index (χ2n) is 1.95. The Labute approximate surface area is 68.5 Å². The van der Waals surface area contributed by atoms with Crippen LogP contribution in [0.15, 0.2) is 0 Å². The number of nitrogens with zero attached hydrogens (tertiary/aromatic N) is 1. The highest BCUT2D eigenvalue weighted by molar-refractivity contribution is 8.13. The Morgan fingerprint density at radius 3 is 2.30 bits per heavy atom. The molecule has 0 spiro atoms. The highest BCUT2D eigenvalue weighted by atomic mass is 32.2. The van der Waals surface area contributed by atoms with E-state index in [0.717, 1.165) is 0 Å². The summed E-state index contributed by atoms with van der Waals surface area (Å²) in [7, 11) is 0. The smallest absolute Gasteiger partial charge is 0.207 e. The molecule has 0 unspecified atom stereocenters. The zero-order valence-corrected chi connectivity index (χ0v) is 8.29. The summed E-state index contributed by atoms with van der Waals surface area (Å²) in [4.78, 5) is 0. The van der Waals surface area contributed by atoms with E-state index in [4.69, 9.17) is 0 Å². The summed E-state index contributed by atoms with van der Waals surface area (Å²) in [5.74, 6) is 1.29. The fraction of sp³-hybridized carbons (Fsp3) is 0.875. The van der Waals surface area contributed by atoms with Gasteiger partial charge in [0.25, 0.3) is 0 Å². The fourth-order valence-electron chi connectivity index (χ4n) is 0.933. The van der Waals surface area contributed by atoms with Gasteiger partial charge in [-0.15, -0.1) is 0 Å². The molecule has 0 aromatic heterocycles. The minimum absolute atomic E-state index is 1.18. The van der Waals surface area contributed by atoms with E-state index < -0.39 is 0 Å². The van der Waals surface area contributed by atoms with E-state index in [-0.39, 0.29) is 0 Å². The summed E-state index contributed by atoms with van der Waals surface area (Å²) < 4.78 is 2.41. The van der Waals surface area contributed by atoms with Crippen molar-refractivity contribution in [3.05, 3.63) is 0 Å². The Balaban J connectivity index is 0.000000371. The normalized spacial score (nSPS) is 16.8. The lowest BCUT2D eigenvalue weighted by molar-refractivity contribution is -0.514. The minimum Gasteiger partial charge on any atom is -0.228 e. The molecule has 0 aromatic rings. The third-order valence-electron chi connectivity index (χ3n) is 1.50. The van der Waals surface area contributed by atoms with E-state index in [0.29, 0.717) is 0 Å². The Morgan fingerprint density at radius 1 is 1.50 bits per heavy atom. The quantitative estimate of drug-likeness (QED) is 0.531. The standard InChI is InChI=1S/C6H12NS.C2H6/c1-3-7-4-5-8-6(7)2;1-2/h3-5H2,1-2H3;1-2H3/q+1;. The molecule has 0 aliphatic carbocycles. The monoisotopic (exact) mass is 160 g/mol. The second kappa shape index (κ2) is 5.78. The summed E-state index contributed by atoms with van der Waals surface area (Å²) in [6.45, 7) is 10.8. The van der Waals surface area contributed by atoms with Gasteiger partial charge in [0.2, 0.25) is 5.04 Å². The Bertz CT molecular complexity index is 118. The predicted octanol–water partition coefficient (Wildman–Crippen LogP) is 2.21. The molecule has 1 nitrogen and oxygen atoms in total. The maximum Gasteiger partial charge on any atom is 0.207 e. The van der Waals surface area contributed by atoms with Crippen molar-refractivity contribution < 1.29 is 4.58 Å². The lowest BCUT2D eigenvalue weighted by Crippen LogP contribution is -2.11. The van der Waals surface area contributed by atoms with Gasteiger partial charge in [0, 0.05) is 6.92 Å². The van der Waals surface area contributed by atoms with Gasteiger partial charge in [-0.1, -0.05) is 25.6 Å². The van der Waals surface area contributed by atoms with E-state index >= 15 is 0 Å². The Hall–Kier alpha value is 0.0200. The largest absolute Gasteiger partial charge is 0.228 e. The maximum absolute atomic E-state index is 2.41. The molecule has 0 radical (unpaired) electrons. The number of thioether (sulfide) groups is 1. The summed E-state index contributed by atoms with van der Waals surface area (Å²) in [6.07, 6.45) is 0. The molecule has 10 heavy (non-hydrogen) atoms. The first kappa shape index (κ1) is 10.0. The number of hydrogen-bond donors (Lipinski definition) is 0.